The Balaban J connectivity index is 2.53. The summed E-state index contributed by atoms with van der Waals surface area (Å²) in [6.07, 6.45) is 5.33. The summed E-state index contributed by atoms with van der Waals surface area (Å²) in [5.41, 5.74) is 8.92. The molecule has 0 saturated carbocycles. The van der Waals surface area contributed by atoms with Gasteiger partial charge in [-0.3, -0.25) is 4.98 Å². The summed E-state index contributed by atoms with van der Waals surface area (Å²) in [6.45, 7) is 2.02. The Hall–Kier alpha value is -1.90. The Kier molecular flexibility index (Phi) is 2.14. The third kappa shape index (κ3) is 1.57. The molecule has 0 aliphatic carbocycles. The maximum Gasteiger partial charge on any atom is 0.123 e. The summed E-state index contributed by atoms with van der Waals surface area (Å²) in [7, 11) is 0. The predicted octanol–water partition coefficient (Wildman–Crippen LogP) is 2.03. The molecule has 0 atom stereocenters. The number of anilines is 1. The van der Waals surface area contributed by atoms with Crippen LogP contribution in [0, 0.1) is 6.92 Å². The van der Waals surface area contributed by atoms with Crippen molar-refractivity contribution in [3.8, 4) is 11.1 Å². The maximum atomic E-state index is 5.58. The average Bonchev–Trinajstić information content (AvgIpc) is 2.19. The van der Waals surface area contributed by atoms with Crippen molar-refractivity contribution in [1.82, 2.24) is 9.97 Å². The lowest BCUT2D eigenvalue weighted by Crippen LogP contribution is -1.92. The fraction of sp³-hybridized carbons (Fsp3) is 0.0909. The van der Waals surface area contributed by atoms with E-state index in [9.17, 15) is 0 Å². The summed E-state index contributed by atoms with van der Waals surface area (Å²) in [4.78, 5) is 8.05. The van der Waals surface area contributed by atoms with Gasteiger partial charge in [-0.05, 0) is 36.2 Å². The van der Waals surface area contributed by atoms with Crippen LogP contribution in [0.2, 0.25) is 0 Å². The predicted molar refractivity (Wildman–Crippen MR) is 56.6 cm³/mol. The molecule has 2 rings (SSSR count). The van der Waals surface area contributed by atoms with E-state index in [0.717, 1.165) is 16.7 Å². The Labute approximate surface area is 82.6 Å². The molecule has 2 aromatic rings. The number of nitrogen functional groups attached to an aromatic ring is 1. The van der Waals surface area contributed by atoms with Crippen molar-refractivity contribution in [2.75, 3.05) is 5.73 Å². The number of nitrogens with zero attached hydrogens (tertiary/aromatic N) is 2. The van der Waals surface area contributed by atoms with Crippen LogP contribution in [0.15, 0.2) is 36.8 Å². The molecule has 0 aliphatic rings. The molecule has 70 valence electrons. The topological polar surface area (TPSA) is 51.8 Å². The van der Waals surface area contributed by atoms with Gasteiger partial charge in [0.05, 0.1) is 0 Å². The molecule has 2 N–H and O–H groups in total. The van der Waals surface area contributed by atoms with Crippen LogP contribution in [0.1, 0.15) is 5.56 Å². The smallest absolute Gasteiger partial charge is 0.123 e. The quantitative estimate of drug-likeness (QED) is 0.739. The molecule has 3 nitrogen and oxygen atoms in total. The number of pyridine rings is 2. The SMILES string of the molecule is Cc1cc(N)ncc1-c1ccncc1. The van der Waals surface area contributed by atoms with Gasteiger partial charge in [0, 0.05) is 24.2 Å². The normalized spacial score (nSPS) is 10.1. The van der Waals surface area contributed by atoms with Gasteiger partial charge < -0.3 is 5.73 Å². The molecule has 0 amide bonds. The molecule has 14 heavy (non-hydrogen) atoms. The van der Waals surface area contributed by atoms with Crippen molar-refractivity contribution in [3.63, 3.8) is 0 Å². The fourth-order valence-corrected chi connectivity index (χ4v) is 1.41. The number of aryl methyl sites for hydroxylation is 1. The maximum absolute atomic E-state index is 5.58. The molecular formula is C11H11N3. The first-order valence-electron chi connectivity index (χ1n) is 4.40. The lowest BCUT2D eigenvalue weighted by Gasteiger charge is -2.05. The molecule has 3 heteroatoms. The molecule has 0 radical (unpaired) electrons. The van der Waals surface area contributed by atoms with Crippen LogP contribution in [-0.2, 0) is 0 Å². The van der Waals surface area contributed by atoms with E-state index in [4.69, 9.17) is 5.73 Å². The van der Waals surface area contributed by atoms with Crippen molar-refractivity contribution in [1.29, 1.82) is 0 Å². The Morgan fingerprint density at radius 3 is 2.57 bits per heavy atom. The molecule has 0 aliphatic heterocycles. The van der Waals surface area contributed by atoms with E-state index in [1.54, 1.807) is 18.6 Å². The van der Waals surface area contributed by atoms with Crippen LogP contribution in [0.5, 0.6) is 0 Å². The van der Waals surface area contributed by atoms with Gasteiger partial charge in [-0.1, -0.05) is 0 Å². The van der Waals surface area contributed by atoms with Crippen LogP contribution in [-0.4, -0.2) is 9.97 Å². The molecule has 0 fully saturated rings. The summed E-state index contributed by atoms with van der Waals surface area (Å²) < 4.78 is 0. The van der Waals surface area contributed by atoms with Crippen LogP contribution in [0.25, 0.3) is 11.1 Å². The molecule has 0 saturated heterocycles. The Bertz CT molecular complexity index is 438. The highest BCUT2D eigenvalue weighted by atomic mass is 14.8. The second-order valence-corrected chi connectivity index (χ2v) is 3.16. The highest BCUT2D eigenvalue weighted by Gasteiger charge is 2.01. The molecule has 0 aromatic carbocycles. The second kappa shape index (κ2) is 3.46. The largest absolute Gasteiger partial charge is 0.384 e. The summed E-state index contributed by atoms with van der Waals surface area (Å²) in [6, 6.07) is 5.79. The Morgan fingerprint density at radius 2 is 1.93 bits per heavy atom. The molecule has 0 unspecified atom stereocenters. The molecule has 2 aromatic heterocycles. The van der Waals surface area contributed by atoms with Crippen molar-refractivity contribution in [2.24, 2.45) is 0 Å². The van der Waals surface area contributed by atoms with Gasteiger partial charge in [-0.2, -0.15) is 0 Å². The lowest BCUT2D eigenvalue weighted by atomic mass is 10.0. The zero-order valence-corrected chi connectivity index (χ0v) is 7.94. The van der Waals surface area contributed by atoms with E-state index < -0.39 is 0 Å². The first kappa shape index (κ1) is 8.69. The zero-order chi connectivity index (χ0) is 9.97. The Morgan fingerprint density at radius 1 is 1.21 bits per heavy atom. The zero-order valence-electron chi connectivity index (χ0n) is 7.94. The van der Waals surface area contributed by atoms with Crippen LogP contribution < -0.4 is 5.73 Å². The molecular weight excluding hydrogens is 174 g/mol. The van der Waals surface area contributed by atoms with E-state index in [0.29, 0.717) is 5.82 Å². The summed E-state index contributed by atoms with van der Waals surface area (Å²) in [5.74, 6) is 0.556. The average molecular weight is 185 g/mol. The fourth-order valence-electron chi connectivity index (χ4n) is 1.41. The van der Waals surface area contributed by atoms with Gasteiger partial charge in [0.2, 0.25) is 0 Å². The van der Waals surface area contributed by atoms with Gasteiger partial charge in [0.25, 0.3) is 0 Å². The number of nitrogens with two attached hydrogens (primary N) is 1. The summed E-state index contributed by atoms with van der Waals surface area (Å²) >= 11 is 0. The van der Waals surface area contributed by atoms with E-state index in [1.807, 2.05) is 25.1 Å². The van der Waals surface area contributed by atoms with Crippen molar-refractivity contribution in [2.45, 2.75) is 6.92 Å². The van der Waals surface area contributed by atoms with Crippen molar-refractivity contribution < 1.29 is 0 Å². The highest BCUT2D eigenvalue weighted by Crippen LogP contribution is 2.22. The molecule has 0 bridgehead atoms. The van der Waals surface area contributed by atoms with Crippen molar-refractivity contribution in [3.05, 3.63) is 42.4 Å². The van der Waals surface area contributed by atoms with Crippen molar-refractivity contribution >= 4 is 5.82 Å². The van der Waals surface area contributed by atoms with Gasteiger partial charge in [-0.25, -0.2) is 4.98 Å². The minimum absolute atomic E-state index is 0.556. The van der Waals surface area contributed by atoms with E-state index >= 15 is 0 Å². The van der Waals surface area contributed by atoms with Gasteiger partial charge in [0.15, 0.2) is 0 Å². The first-order chi connectivity index (χ1) is 6.77. The second-order valence-electron chi connectivity index (χ2n) is 3.16. The number of hydrogen-bond donors (Lipinski definition) is 1. The first-order valence-corrected chi connectivity index (χ1v) is 4.40. The third-order valence-corrected chi connectivity index (χ3v) is 2.12. The van der Waals surface area contributed by atoms with Crippen LogP contribution in [0.4, 0.5) is 5.82 Å². The van der Waals surface area contributed by atoms with E-state index in [2.05, 4.69) is 9.97 Å². The van der Waals surface area contributed by atoms with Crippen LogP contribution in [0.3, 0.4) is 0 Å². The number of rotatable bonds is 1. The van der Waals surface area contributed by atoms with Gasteiger partial charge in [-0.15, -0.1) is 0 Å². The summed E-state index contributed by atoms with van der Waals surface area (Å²) in [5, 5.41) is 0. The molecule has 2 heterocycles. The van der Waals surface area contributed by atoms with Crippen LogP contribution >= 0.6 is 0 Å². The molecule has 0 spiro atoms. The van der Waals surface area contributed by atoms with Gasteiger partial charge in [0.1, 0.15) is 5.82 Å². The number of aromatic nitrogens is 2. The third-order valence-electron chi connectivity index (χ3n) is 2.12. The monoisotopic (exact) mass is 185 g/mol. The highest BCUT2D eigenvalue weighted by molar-refractivity contribution is 5.66. The minimum Gasteiger partial charge on any atom is -0.384 e. The van der Waals surface area contributed by atoms with Gasteiger partial charge >= 0.3 is 0 Å². The minimum atomic E-state index is 0.556. The van der Waals surface area contributed by atoms with E-state index in [-0.39, 0.29) is 0 Å². The lowest BCUT2D eigenvalue weighted by molar-refractivity contribution is 1.28. The van der Waals surface area contributed by atoms with E-state index in [1.165, 1.54) is 0 Å². The number of hydrogen-bond acceptors (Lipinski definition) is 3. The standard InChI is InChI=1S/C11H11N3/c1-8-6-11(12)14-7-10(8)9-2-4-13-5-3-9/h2-7H,1H3,(H2,12,14).